The minimum atomic E-state index is -0.216. The minimum absolute atomic E-state index is 0.0809. The summed E-state index contributed by atoms with van der Waals surface area (Å²) in [5.41, 5.74) is 11.1. The molecule has 0 fully saturated rings. The number of anilines is 2. The van der Waals surface area contributed by atoms with Gasteiger partial charge in [-0.25, -0.2) is 4.79 Å². The number of nitrogens with one attached hydrogen (secondary N) is 2. The Hall–Kier alpha value is -3.15. The zero-order valence-electron chi connectivity index (χ0n) is 17.7. The molecule has 3 rings (SSSR count). The van der Waals surface area contributed by atoms with Crippen molar-refractivity contribution in [3.63, 3.8) is 0 Å². The lowest BCUT2D eigenvalue weighted by atomic mass is 10.1. The number of carbonyl (C=O) groups excluding carboxylic acids is 1. The summed E-state index contributed by atoms with van der Waals surface area (Å²) in [7, 11) is 0. The van der Waals surface area contributed by atoms with E-state index in [0.29, 0.717) is 6.61 Å². The Labute approximate surface area is 172 Å². The highest BCUT2D eigenvalue weighted by atomic mass is 16.5. The van der Waals surface area contributed by atoms with E-state index in [0.717, 1.165) is 39.3 Å². The molecule has 0 aliphatic rings. The van der Waals surface area contributed by atoms with Crippen LogP contribution in [0.2, 0.25) is 0 Å². The molecule has 29 heavy (non-hydrogen) atoms. The van der Waals surface area contributed by atoms with Crippen LogP contribution in [0.15, 0.2) is 42.5 Å². The van der Waals surface area contributed by atoms with Gasteiger partial charge in [-0.3, -0.25) is 0 Å². The van der Waals surface area contributed by atoms with E-state index in [1.807, 2.05) is 63.2 Å². The van der Waals surface area contributed by atoms with Gasteiger partial charge in [0, 0.05) is 34.8 Å². The van der Waals surface area contributed by atoms with Crippen LogP contribution >= 0.6 is 0 Å². The van der Waals surface area contributed by atoms with Gasteiger partial charge in [0.1, 0.15) is 5.75 Å². The lowest BCUT2D eigenvalue weighted by Gasteiger charge is -2.16. The van der Waals surface area contributed by atoms with Crippen LogP contribution in [0, 0.1) is 0 Å². The zero-order valence-corrected chi connectivity index (χ0v) is 17.7. The van der Waals surface area contributed by atoms with Gasteiger partial charge in [0.2, 0.25) is 0 Å². The average Bonchev–Trinajstić information content (AvgIpc) is 2.94. The van der Waals surface area contributed by atoms with Gasteiger partial charge in [-0.2, -0.15) is 0 Å². The molecule has 6 nitrogen and oxygen atoms in total. The molecule has 0 radical (unpaired) electrons. The van der Waals surface area contributed by atoms with Crippen molar-refractivity contribution in [2.45, 2.75) is 46.7 Å². The van der Waals surface area contributed by atoms with E-state index in [4.69, 9.17) is 10.5 Å². The van der Waals surface area contributed by atoms with Gasteiger partial charge in [0.15, 0.2) is 0 Å². The molecule has 0 atom stereocenters. The van der Waals surface area contributed by atoms with E-state index in [9.17, 15) is 4.79 Å². The third kappa shape index (κ3) is 4.31. The van der Waals surface area contributed by atoms with E-state index >= 15 is 0 Å². The van der Waals surface area contributed by atoms with E-state index in [1.54, 1.807) is 0 Å². The predicted molar refractivity (Wildman–Crippen MR) is 121 cm³/mol. The number of ether oxygens (including phenoxy) is 1. The molecule has 0 saturated carbocycles. The van der Waals surface area contributed by atoms with Crippen molar-refractivity contribution in [3.8, 4) is 17.0 Å². The molecule has 0 bridgehead atoms. The maximum atomic E-state index is 11.9. The first-order valence-electron chi connectivity index (χ1n) is 10.1. The largest absolute Gasteiger partial charge is 0.494 e. The number of hydrogen-bond acceptors (Lipinski definition) is 3. The first kappa shape index (κ1) is 20.6. The summed E-state index contributed by atoms with van der Waals surface area (Å²) in [5.74, 6) is 0.835. The molecule has 1 aromatic heterocycles. The maximum Gasteiger partial charge on any atom is 0.319 e. The van der Waals surface area contributed by atoms with Gasteiger partial charge >= 0.3 is 6.03 Å². The number of rotatable bonds is 6. The number of amides is 2. The molecule has 2 amide bonds. The Morgan fingerprint density at radius 1 is 1.10 bits per heavy atom. The lowest BCUT2D eigenvalue weighted by molar-refractivity contribution is 0.250. The van der Waals surface area contributed by atoms with Gasteiger partial charge in [-0.1, -0.05) is 12.1 Å². The summed E-state index contributed by atoms with van der Waals surface area (Å²) < 4.78 is 7.92. The molecule has 0 saturated heterocycles. The molecule has 154 valence electrons. The second kappa shape index (κ2) is 8.47. The molecule has 0 unspecified atom stereocenters. The second-order valence-electron chi connectivity index (χ2n) is 7.67. The zero-order chi connectivity index (χ0) is 21.1. The number of aromatic nitrogens is 1. The highest BCUT2D eigenvalue weighted by Crippen LogP contribution is 2.40. The smallest absolute Gasteiger partial charge is 0.319 e. The third-order valence-electron chi connectivity index (χ3n) is 4.68. The quantitative estimate of drug-likeness (QED) is 0.523. The standard InChI is InChI=1S/C23H30N4O2/c1-6-29-18-11-12-19-20(13-18)27(15(4)5)22(21(19)24)16-7-9-17(10-8-16)26-23(28)25-14(2)3/h7-15H,6,24H2,1-5H3,(H2,25,26,28). The molecule has 0 aliphatic carbocycles. The van der Waals surface area contributed by atoms with Gasteiger partial charge in [-0.15, -0.1) is 0 Å². The number of hydrogen-bond donors (Lipinski definition) is 3. The Bertz CT molecular complexity index is 1000. The van der Waals surface area contributed by atoms with Crippen LogP contribution in [0.5, 0.6) is 5.75 Å². The highest BCUT2D eigenvalue weighted by molar-refractivity contribution is 6.01. The first-order chi connectivity index (χ1) is 13.8. The lowest BCUT2D eigenvalue weighted by Crippen LogP contribution is -2.34. The summed E-state index contributed by atoms with van der Waals surface area (Å²) in [6.45, 7) is 10.7. The molecule has 2 aromatic carbocycles. The average molecular weight is 395 g/mol. The molecular weight excluding hydrogens is 364 g/mol. The van der Waals surface area contributed by atoms with Gasteiger partial charge in [-0.05, 0) is 58.9 Å². The molecule has 0 spiro atoms. The van der Waals surface area contributed by atoms with Crippen molar-refractivity contribution in [2.24, 2.45) is 0 Å². The molecule has 1 heterocycles. The van der Waals surface area contributed by atoms with Crippen molar-refractivity contribution >= 4 is 28.3 Å². The SMILES string of the molecule is CCOc1ccc2c(N)c(-c3ccc(NC(=O)NC(C)C)cc3)n(C(C)C)c2c1. The fourth-order valence-electron chi connectivity index (χ4n) is 3.54. The Morgan fingerprint density at radius 2 is 1.79 bits per heavy atom. The highest BCUT2D eigenvalue weighted by Gasteiger charge is 2.19. The summed E-state index contributed by atoms with van der Waals surface area (Å²) in [6, 6.07) is 13.9. The van der Waals surface area contributed by atoms with Gasteiger partial charge in [0.05, 0.1) is 23.5 Å². The normalized spacial score (nSPS) is 11.3. The fraction of sp³-hybridized carbons (Fsp3) is 0.348. The fourth-order valence-corrected chi connectivity index (χ4v) is 3.54. The van der Waals surface area contributed by atoms with Crippen LogP contribution in [0.1, 0.15) is 40.7 Å². The maximum absolute atomic E-state index is 11.9. The molecule has 3 aromatic rings. The molecule has 6 heteroatoms. The number of fused-ring (bicyclic) bond motifs is 1. The number of benzene rings is 2. The number of nitrogen functional groups attached to an aromatic ring is 1. The summed E-state index contributed by atoms with van der Waals surface area (Å²) >= 11 is 0. The summed E-state index contributed by atoms with van der Waals surface area (Å²) in [5, 5.41) is 6.68. The van der Waals surface area contributed by atoms with Crippen LogP contribution < -0.4 is 21.1 Å². The van der Waals surface area contributed by atoms with E-state index in [1.165, 1.54) is 0 Å². The molecular formula is C23H30N4O2. The first-order valence-corrected chi connectivity index (χ1v) is 10.1. The van der Waals surface area contributed by atoms with E-state index < -0.39 is 0 Å². The van der Waals surface area contributed by atoms with Crippen LogP contribution in [-0.2, 0) is 0 Å². The second-order valence-corrected chi connectivity index (χ2v) is 7.67. The van der Waals surface area contributed by atoms with Crippen molar-refractivity contribution < 1.29 is 9.53 Å². The Kier molecular flexibility index (Phi) is 6.01. The molecule has 4 N–H and O–H groups in total. The number of nitrogens with zero attached hydrogens (tertiary/aromatic N) is 1. The van der Waals surface area contributed by atoms with E-state index in [2.05, 4.69) is 29.0 Å². The van der Waals surface area contributed by atoms with Crippen LogP contribution in [0.3, 0.4) is 0 Å². The molecule has 0 aliphatic heterocycles. The van der Waals surface area contributed by atoms with Crippen molar-refractivity contribution in [2.75, 3.05) is 17.7 Å². The van der Waals surface area contributed by atoms with Crippen LogP contribution in [0.25, 0.3) is 22.2 Å². The van der Waals surface area contributed by atoms with Gasteiger partial charge in [0.25, 0.3) is 0 Å². The summed E-state index contributed by atoms with van der Waals surface area (Å²) in [6.07, 6.45) is 0. The Morgan fingerprint density at radius 3 is 2.38 bits per heavy atom. The van der Waals surface area contributed by atoms with Gasteiger partial charge < -0.3 is 25.7 Å². The monoisotopic (exact) mass is 394 g/mol. The number of carbonyl (C=O) groups is 1. The third-order valence-corrected chi connectivity index (χ3v) is 4.68. The number of urea groups is 1. The Balaban J connectivity index is 2.01. The van der Waals surface area contributed by atoms with Crippen LogP contribution in [0.4, 0.5) is 16.2 Å². The number of nitrogens with two attached hydrogens (primary N) is 1. The van der Waals surface area contributed by atoms with Crippen molar-refractivity contribution in [1.82, 2.24) is 9.88 Å². The van der Waals surface area contributed by atoms with Crippen LogP contribution in [-0.4, -0.2) is 23.2 Å². The van der Waals surface area contributed by atoms with E-state index in [-0.39, 0.29) is 18.1 Å². The topological polar surface area (TPSA) is 81.3 Å². The summed E-state index contributed by atoms with van der Waals surface area (Å²) in [4.78, 5) is 11.9. The van der Waals surface area contributed by atoms with Crippen molar-refractivity contribution in [1.29, 1.82) is 0 Å². The minimum Gasteiger partial charge on any atom is -0.494 e. The van der Waals surface area contributed by atoms with Crippen molar-refractivity contribution in [3.05, 3.63) is 42.5 Å². The predicted octanol–water partition coefficient (Wildman–Crippen LogP) is 5.40.